The van der Waals surface area contributed by atoms with E-state index in [1.165, 1.54) is 0 Å². The molecule has 2 aromatic carbocycles. The third-order valence-electron chi connectivity index (χ3n) is 4.04. The number of halogens is 2. The fourth-order valence-electron chi connectivity index (χ4n) is 2.75. The molecule has 6 heteroatoms. The number of aryl methyl sites for hydroxylation is 1. The van der Waals surface area contributed by atoms with E-state index in [9.17, 15) is 4.79 Å². The van der Waals surface area contributed by atoms with Gasteiger partial charge in [0.2, 0.25) is 0 Å². The van der Waals surface area contributed by atoms with Crippen molar-refractivity contribution < 1.29 is 4.79 Å². The molecular formula is C20H17Cl2N3O. The van der Waals surface area contributed by atoms with E-state index < -0.39 is 0 Å². The smallest absolute Gasteiger partial charge is 0.271 e. The van der Waals surface area contributed by atoms with E-state index in [-0.39, 0.29) is 5.91 Å². The van der Waals surface area contributed by atoms with E-state index in [0.29, 0.717) is 15.6 Å². The van der Waals surface area contributed by atoms with Gasteiger partial charge in [-0.3, -0.25) is 4.79 Å². The van der Waals surface area contributed by atoms with Crippen molar-refractivity contribution in [2.45, 2.75) is 13.8 Å². The molecule has 3 aromatic rings. The van der Waals surface area contributed by atoms with Crippen LogP contribution in [-0.2, 0) is 0 Å². The van der Waals surface area contributed by atoms with Gasteiger partial charge < -0.3 is 4.57 Å². The number of benzene rings is 2. The van der Waals surface area contributed by atoms with Crippen molar-refractivity contribution in [3.05, 3.63) is 87.2 Å². The van der Waals surface area contributed by atoms with Crippen LogP contribution in [0.3, 0.4) is 0 Å². The van der Waals surface area contributed by atoms with E-state index in [4.69, 9.17) is 23.2 Å². The summed E-state index contributed by atoms with van der Waals surface area (Å²) in [5.41, 5.74) is 6.85. The highest BCUT2D eigenvalue weighted by Gasteiger charge is 2.11. The van der Waals surface area contributed by atoms with Crippen LogP contribution in [0, 0.1) is 13.8 Å². The zero-order chi connectivity index (χ0) is 18.7. The van der Waals surface area contributed by atoms with Crippen molar-refractivity contribution in [3.63, 3.8) is 0 Å². The summed E-state index contributed by atoms with van der Waals surface area (Å²) in [5.74, 6) is -0.294. The third-order valence-corrected chi connectivity index (χ3v) is 4.61. The molecule has 0 aliphatic rings. The fourth-order valence-corrected chi connectivity index (χ4v) is 3.09. The molecule has 1 N–H and O–H groups in total. The maximum Gasteiger partial charge on any atom is 0.271 e. The second-order valence-corrected chi connectivity index (χ2v) is 6.66. The van der Waals surface area contributed by atoms with E-state index in [1.807, 2.05) is 44.2 Å². The zero-order valence-corrected chi connectivity index (χ0v) is 15.8. The van der Waals surface area contributed by atoms with Gasteiger partial charge in [-0.05, 0) is 56.3 Å². The number of carbonyl (C=O) groups is 1. The van der Waals surface area contributed by atoms with Crippen LogP contribution in [0.2, 0.25) is 10.0 Å². The molecule has 4 nitrogen and oxygen atoms in total. The van der Waals surface area contributed by atoms with Gasteiger partial charge in [-0.25, -0.2) is 5.43 Å². The average Bonchev–Trinajstić information content (AvgIpc) is 2.90. The quantitative estimate of drug-likeness (QED) is 0.488. The summed E-state index contributed by atoms with van der Waals surface area (Å²) in [6, 6.07) is 16.3. The molecule has 132 valence electrons. The van der Waals surface area contributed by atoms with Gasteiger partial charge in [0, 0.05) is 27.5 Å². The van der Waals surface area contributed by atoms with Crippen molar-refractivity contribution in [3.8, 4) is 5.69 Å². The number of aromatic nitrogens is 1. The highest BCUT2D eigenvalue weighted by molar-refractivity contribution is 6.32. The Bertz CT molecular complexity index is 975. The lowest BCUT2D eigenvalue weighted by atomic mass is 10.2. The van der Waals surface area contributed by atoms with E-state index in [2.05, 4.69) is 15.1 Å². The van der Waals surface area contributed by atoms with Gasteiger partial charge in [-0.1, -0.05) is 35.3 Å². The molecule has 0 fully saturated rings. The second kappa shape index (κ2) is 7.77. The molecule has 0 aliphatic heterocycles. The summed E-state index contributed by atoms with van der Waals surface area (Å²) in [7, 11) is 0. The Morgan fingerprint density at radius 2 is 1.77 bits per heavy atom. The van der Waals surface area contributed by atoms with Crippen LogP contribution < -0.4 is 5.43 Å². The maximum absolute atomic E-state index is 12.1. The Hall–Kier alpha value is -2.56. The number of hydrogen-bond donors (Lipinski definition) is 1. The predicted octanol–water partition coefficient (Wildman–Crippen LogP) is 5.16. The van der Waals surface area contributed by atoms with Gasteiger partial charge in [0.25, 0.3) is 5.91 Å². The molecule has 26 heavy (non-hydrogen) atoms. The van der Waals surface area contributed by atoms with E-state index >= 15 is 0 Å². The van der Waals surface area contributed by atoms with Gasteiger partial charge >= 0.3 is 0 Å². The lowest BCUT2D eigenvalue weighted by Crippen LogP contribution is -2.17. The maximum atomic E-state index is 12.1. The third kappa shape index (κ3) is 3.82. The average molecular weight is 386 g/mol. The molecule has 1 amide bonds. The Kier molecular flexibility index (Phi) is 5.45. The number of hydrazone groups is 1. The largest absolute Gasteiger partial charge is 0.316 e. The fraction of sp³-hybridized carbons (Fsp3) is 0.100. The summed E-state index contributed by atoms with van der Waals surface area (Å²) in [6.07, 6.45) is 1.63. The molecule has 0 aliphatic carbocycles. The Balaban J connectivity index is 1.80. The van der Waals surface area contributed by atoms with Crippen LogP contribution in [0.1, 0.15) is 27.3 Å². The first-order valence-corrected chi connectivity index (χ1v) is 8.76. The number of carbonyl (C=O) groups excluding carboxylic acids is 1. The second-order valence-electron chi connectivity index (χ2n) is 5.82. The highest BCUT2D eigenvalue weighted by atomic mass is 35.5. The minimum Gasteiger partial charge on any atom is -0.316 e. The molecule has 1 aromatic heterocycles. The van der Waals surface area contributed by atoms with Crippen molar-refractivity contribution in [1.29, 1.82) is 0 Å². The number of hydrogen-bond acceptors (Lipinski definition) is 2. The number of para-hydroxylation sites is 1. The van der Waals surface area contributed by atoms with Gasteiger partial charge in [-0.2, -0.15) is 5.10 Å². The first-order valence-electron chi connectivity index (χ1n) is 8.00. The van der Waals surface area contributed by atoms with Gasteiger partial charge in [0.05, 0.1) is 16.9 Å². The lowest BCUT2D eigenvalue weighted by Gasteiger charge is -2.11. The van der Waals surface area contributed by atoms with Crippen LogP contribution in [0.4, 0.5) is 0 Å². The number of rotatable bonds is 4. The molecular weight excluding hydrogens is 369 g/mol. The van der Waals surface area contributed by atoms with Gasteiger partial charge in [-0.15, -0.1) is 0 Å². The molecule has 1 heterocycles. The first-order chi connectivity index (χ1) is 12.5. The van der Waals surface area contributed by atoms with Gasteiger partial charge in [0.1, 0.15) is 0 Å². The Labute approximate surface area is 162 Å². The number of nitrogens with one attached hydrogen (secondary N) is 1. The number of nitrogens with zero attached hydrogens (tertiary/aromatic N) is 2. The summed E-state index contributed by atoms with van der Waals surface area (Å²) in [6.45, 7) is 3.98. The molecule has 0 saturated carbocycles. The lowest BCUT2D eigenvalue weighted by molar-refractivity contribution is 0.0955. The minimum absolute atomic E-state index is 0.294. The summed E-state index contributed by atoms with van der Waals surface area (Å²) < 4.78 is 2.06. The molecule has 0 bridgehead atoms. The standard InChI is InChI=1S/C20H17Cl2N3O/c1-13-11-16(14(2)25(13)19-6-4-3-5-18(19)22)12-23-24-20(26)15-7-9-17(21)10-8-15/h3-12H,1-2H3,(H,24,26)/b23-12-. The van der Waals surface area contributed by atoms with Crippen molar-refractivity contribution >= 4 is 35.3 Å². The summed E-state index contributed by atoms with van der Waals surface area (Å²) in [5, 5.41) is 5.32. The van der Waals surface area contributed by atoms with Gasteiger partial charge in [0.15, 0.2) is 0 Å². The van der Waals surface area contributed by atoms with E-state index in [0.717, 1.165) is 22.6 Å². The van der Waals surface area contributed by atoms with Crippen LogP contribution in [0.15, 0.2) is 59.7 Å². The molecule has 0 atom stereocenters. The van der Waals surface area contributed by atoms with Crippen LogP contribution in [-0.4, -0.2) is 16.7 Å². The van der Waals surface area contributed by atoms with Crippen LogP contribution in [0.5, 0.6) is 0 Å². The minimum atomic E-state index is -0.294. The highest BCUT2D eigenvalue weighted by Crippen LogP contribution is 2.25. The molecule has 0 radical (unpaired) electrons. The number of amides is 1. The van der Waals surface area contributed by atoms with E-state index in [1.54, 1.807) is 30.5 Å². The monoisotopic (exact) mass is 385 g/mol. The van der Waals surface area contributed by atoms with Crippen molar-refractivity contribution in [2.24, 2.45) is 5.10 Å². The predicted molar refractivity (Wildman–Crippen MR) is 107 cm³/mol. The normalized spacial score (nSPS) is 11.1. The van der Waals surface area contributed by atoms with Crippen molar-refractivity contribution in [2.75, 3.05) is 0 Å². The first kappa shape index (κ1) is 18.2. The zero-order valence-electron chi connectivity index (χ0n) is 14.3. The molecule has 3 rings (SSSR count). The Morgan fingerprint density at radius 1 is 1.08 bits per heavy atom. The topological polar surface area (TPSA) is 46.4 Å². The molecule has 0 spiro atoms. The van der Waals surface area contributed by atoms with Crippen LogP contribution >= 0.6 is 23.2 Å². The molecule has 0 saturated heterocycles. The summed E-state index contributed by atoms with van der Waals surface area (Å²) >= 11 is 12.1. The SMILES string of the molecule is Cc1cc(/C=N\NC(=O)c2ccc(Cl)cc2)c(C)n1-c1ccccc1Cl. The summed E-state index contributed by atoms with van der Waals surface area (Å²) in [4.78, 5) is 12.1. The van der Waals surface area contributed by atoms with Crippen molar-refractivity contribution in [1.82, 2.24) is 9.99 Å². The Morgan fingerprint density at radius 3 is 2.46 bits per heavy atom. The molecule has 0 unspecified atom stereocenters. The van der Waals surface area contributed by atoms with Crippen LogP contribution in [0.25, 0.3) is 5.69 Å².